The van der Waals surface area contributed by atoms with E-state index in [-0.39, 0.29) is 11.9 Å². The predicted octanol–water partition coefficient (Wildman–Crippen LogP) is 3.84. The summed E-state index contributed by atoms with van der Waals surface area (Å²) >= 11 is 0. The largest absolute Gasteiger partial charge is 0.497 e. The summed E-state index contributed by atoms with van der Waals surface area (Å²) < 4.78 is 10.9. The van der Waals surface area contributed by atoms with E-state index in [4.69, 9.17) is 14.3 Å². The Labute approximate surface area is 165 Å². The van der Waals surface area contributed by atoms with Crippen molar-refractivity contribution in [3.05, 3.63) is 54.0 Å². The van der Waals surface area contributed by atoms with Crippen molar-refractivity contribution in [3.63, 3.8) is 0 Å². The van der Waals surface area contributed by atoms with Crippen molar-refractivity contribution in [1.82, 2.24) is 9.91 Å². The number of likely N-dealkylation sites (tertiary alicyclic amines) is 1. The maximum absolute atomic E-state index is 13.1. The second-order valence-corrected chi connectivity index (χ2v) is 7.44. The summed E-state index contributed by atoms with van der Waals surface area (Å²) in [6.45, 7) is 2.39. The van der Waals surface area contributed by atoms with Gasteiger partial charge in [-0.15, -0.1) is 0 Å². The number of ether oxygens (including phenoxy) is 1. The molecule has 0 bridgehead atoms. The number of hydrogen-bond donors (Lipinski definition) is 0. The Balaban J connectivity index is 1.55. The number of hydrazone groups is 1. The topological polar surface area (TPSA) is 58.3 Å². The molecule has 0 unspecified atom stereocenters. The van der Waals surface area contributed by atoms with Crippen LogP contribution in [0.1, 0.15) is 49.5 Å². The van der Waals surface area contributed by atoms with E-state index >= 15 is 0 Å². The van der Waals surface area contributed by atoms with Crippen molar-refractivity contribution in [1.29, 1.82) is 0 Å². The highest BCUT2D eigenvalue weighted by molar-refractivity contribution is 6.03. The molecule has 0 aliphatic carbocycles. The lowest BCUT2D eigenvalue weighted by Gasteiger charge is -2.24. The summed E-state index contributed by atoms with van der Waals surface area (Å²) in [6, 6.07) is 11.4. The van der Waals surface area contributed by atoms with Gasteiger partial charge in [0.15, 0.2) is 0 Å². The monoisotopic (exact) mass is 381 g/mol. The molecular weight excluding hydrogens is 354 g/mol. The van der Waals surface area contributed by atoms with E-state index in [2.05, 4.69) is 4.90 Å². The van der Waals surface area contributed by atoms with Gasteiger partial charge < -0.3 is 9.15 Å². The molecule has 0 spiro atoms. The zero-order valence-corrected chi connectivity index (χ0v) is 16.3. The van der Waals surface area contributed by atoms with Gasteiger partial charge >= 0.3 is 0 Å². The second-order valence-electron chi connectivity index (χ2n) is 7.44. The van der Waals surface area contributed by atoms with Gasteiger partial charge in [-0.3, -0.25) is 9.69 Å². The van der Waals surface area contributed by atoms with Crippen LogP contribution in [0.25, 0.3) is 0 Å². The lowest BCUT2D eigenvalue weighted by molar-refractivity contribution is -0.134. The van der Waals surface area contributed by atoms with Crippen LogP contribution in [-0.2, 0) is 4.79 Å². The first-order valence-electron chi connectivity index (χ1n) is 10.0. The molecule has 3 heterocycles. The van der Waals surface area contributed by atoms with Crippen LogP contribution in [0.5, 0.6) is 5.75 Å². The number of methoxy groups -OCH3 is 1. The van der Waals surface area contributed by atoms with E-state index < -0.39 is 0 Å². The minimum atomic E-state index is -0.188. The maximum atomic E-state index is 13.1. The van der Waals surface area contributed by atoms with Crippen molar-refractivity contribution < 1.29 is 13.9 Å². The summed E-state index contributed by atoms with van der Waals surface area (Å²) in [5.74, 6) is 1.61. The zero-order chi connectivity index (χ0) is 19.3. The molecule has 148 valence electrons. The predicted molar refractivity (Wildman–Crippen MR) is 107 cm³/mol. The number of nitrogens with zero attached hydrogens (tertiary/aromatic N) is 3. The van der Waals surface area contributed by atoms with Gasteiger partial charge in [0.2, 0.25) is 0 Å². The van der Waals surface area contributed by atoms with Crippen molar-refractivity contribution in [2.75, 3.05) is 26.7 Å². The highest BCUT2D eigenvalue weighted by Crippen LogP contribution is 2.33. The van der Waals surface area contributed by atoms with Crippen LogP contribution in [0.15, 0.2) is 52.2 Å². The summed E-state index contributed by atoms with van der Waals surface area (Å²) in [5, 5.41) is 6.34. The third kappa shape index (κ3) is 4.12. The third-order valence-electron chi connectivity index (χ3n) is 5.52. The fourth-order valence-corrected chi connectivity index (χ4v) is 3.96. The van der Waals surface area contributed by atoms with Crippen LogP contribution in [-0.4, -0.2) is 48.3 Å². The Morgan fingerprint density at radius 3 is 2.54 bits per heavy atom. The van der Waals surface area contributed by atoms with Crippen LogP contribution in [0.2, 0.25) is 0 Å². The van der Waals surface area contributed by atoms with Crippen molar-refractivity contribution in [2.45, 2.75) is 38.1 Å². The molecule has 1 aromatic carbocycles. The van der Waals surface area contributed by atoms with Gasteiger partial charge in [0.25, 0.3) is 5.91 Å². The first-order chi connectivity index (χ1) is 13.7. The third-order valence-corrected chi connectivity index (χ3v) is 5.52. The number of carbonyl (C=O) groups is 1. The fourth-order valence-electron chi connectivity index (χ4n) is 3.96. The van der Waals surface area contributed by atoms with Crippen molar-refractivity contribution in [2.24, 2.45) is 5.10 Å². The molecule has 1 atom stereocenters. The van der Waals surface area contributed by atoms with E-state index in [1.165, 1.54) is 12.8 Å². The lowest BCUT2D eigenvalue weighted by atomic mass is 10.0. The SMILES string of the molecule is COc1ccc(C2=NN(C(=O)CN3CCCCCC3)[C@H](c3ccco3)C2)cc1. The molecule has 1 aromatic heterocycles. The number of carbonyl (C=O) groups excluding carboxylic acids is 1. The maximum Gasteiger partial charge on any atom is 0.257 e. The quantitative estimate of drug-likeness (QED) is 0.790. The molecule has 0 saturated carbocycles. The molecule has 28 heavy (non-hydrogen) atoms. The molecule has 1 fully saturated rings. The van der Waals surface area contributed by atoms with Gasteiger partial charge in [0, 0.05) is 6.42 Å². The Morgan fingerprint density at radius 2 is 1.89 bits per heavy atom. The number of amides is 1. The van der Waals surface area contributed by atoms with E-state index in [0.717, 1.165) is 48.7 Å². The zero-order valence-electron chi connectivity index (χ0n) is 16.3. The van der Waals surface area contributed by atoms with Crippen LogP contribution in [0.4, 0.5) is 0 Å². The van der Waals surface area contributed by atoms with Crippen LogP contribution >= 0.6 is 0 Å². The Hall–Kier alpha value is -2.60. The fraction of sp³-hybridized carbons (Fsp3) is 0.455. The first-order valence-corrected chi connectivity index (χ1v) is 10.0. The molecule has 6 nitrogen and oxygen atoms in total. The van der Waals surface area contributed by atoms with E-state index in [1.807, 2.05) is 36.4 Å². The smallest absolute Gasteiger partial charge is 0.257 e. The lowest BCUT2D eigenvalue weighted by Crippen LogP contribution is -2.38. The Bertz CT molecular complexity index is 806. The normalized spacial score (nSPS) is 20.7. The number of furan rings is 1. The van der Waals surface area contributed by atoms with E-state index in [1.54, 1.807) is 18.4 Å². The van der Waals surface area contributed by atoms with Crippen LogP contribution in [0.3, 0.4) is 0 Å². The molecule has 0 radical (unpaired) electrons. The van der Waals surface area contributed by atoms with Gasteiger partial charge in [-0.2, -0.15) is 5.10 Å². The van der Waals surface area contributed by atoms with Crippen LogP contribution in [0, 0.1) is 0 Å². The number of hydrogen-bond acceptors (Lipinski definition) is 5. The van der Waals surface area contributed by atoms with Crippen molar-refractivity contribution in [3.8, 4) is 5.75 Å². The minimum Gasteiger partial charge on any atom is -0.497 e. The van der Waals surface area contributed by atoms with Gasteiger partial charge in [-0.1, -0.05) is 12.8 Å². The summed E-state index contributed by atoms with van der Waals surface area (Å²) in [4.78, 5) is 15.4. The van der Waals surface area contributed by atoms with E-state index in [9.17, 15) is 4.79 Å². The first kappa shape index (κ1) is 18.7. The molecule has 1 amide bonds. The molecule has 2 aromatic rings. The number of benzene rings is 1. The molecule has 2 aliphatic heterocycles. The molecule has 2 aliphatic rings. The van der Waals surface area contributed by atoms with Gasteiger partial charge in [-0.25, -0.2) is 5.01 Å². The Kier molecular flexibility index (Phi) is 5.76. The highest BCUT2D eigenvalue weighted by Gasteiger charge is 2.35. The van der Waals surface area contributed by atoms with Crippen molar-refractivity contribution >= 4 is 11.6 Å². The molecular formula is C22H27N3O3. The summed E-state index contributed by atoms with van der Waals surface area (Å²) in [6.07, 6.45) is 7.13. The summed E-state index contributed by atoms with van der Waals surface area (Å²) in [7, 11) is 1.65. The minimum absolute atomic E-state index is 0.0341. The summed E-state index contributed by atoms with van der Waals surface area (Å²) in [5.41, 5.74) is 1.90. The highest BCUT2D eigenvalue weighted by atomic mass is 16.5. The van der Waals surface area contributed by atoms with E-state index in [0.29, 0.717) is 13.0 Å². The molecule has 6 heteroatoms. The Morgan fingerprint density at radius 1 is 1.14 bits per heavy atom. The van der Waals surface area contributed by atoms with Gasteiger partial charge in [0.05, 0.1) is 25.6 Å². The molecule has 1 saturated heterocycles. The second kappa shape index (κ2) is 8.61. The average Bonchev–Trinajstić information content (AvgIpc) is 3.34. The van der Waals surface area contributed by atoms with Crippen LogP contribution < -0.4 is 4.74 Å². The molecule has 4 rings (SSSR count). The molecule has 0 N–H and O–H groups in total. The average molecular weight is 381 g/mol. The van der Waals surface area contributed by atoms with Gasteiger partial charge in [-0.05, 0) is 67.9 Å². The van der Waals surface area contributed by atoms with Gasteiger partial charge in [0.1, 0.15) is 17.6 Å². The standard InChI is InChI=1S/C22H27N3O3/c1-27-18-10-8-17(9-11-18)19-15-20(21-7-6-14-28-21)25(23-19)22(26)16-24-12-4-2-3-5-13-24/h6-11,14,20H,2-5,12-13,15-16H2,1H3/t20-/m0/s1. The number of rotatable bonds is 5.